The molecule has 0 spiro atoms. The van der Waals surface area contributed by atoms with E-state index >= 15 is 0 Å². The van der Waals surface area contributed by atoms with Crippen molar-refractivity contribution in [2.75, 3.05) is 39.6 Å². The molecule has 14 nitrogen and oxygen atoms in total. The van der Waals surface area contributed by atoms with Crippen molar-refractivity contribution in [1.29, 1.82) is 0 Å². The molecule has 0 rings (SSSR count). The second-order valence-corrected chi connectivity index (χ2v) is 12.4. The van der Waals surface area contributed by atoms with Crippen LogP contribution < -0.4 is 0 Å². The summed E-state index contributed by atoms with van der Waals surface area (Å²) < 4.78 is 29.7. The number of carbonyl (C=O) groups is 8. The predicted molar refractivity (Wildman–Crippen MR) is 161 cm³/mol. The summed E-state index contributed by atoms with van der Waals surface area (Å²) in [5, 5.41) is 0. The maximum absolute atomic E-state index is 11.8. The van der Waals surface area contributed by atoms with Gasteiger partial charge in [0, 0.05) is 36.5 Å². The average Bonchev–Trinajstić information content (AvgIpc) is 2.97. The van der Waals surface area contributed by atoms with Crippen LogP contribution in [0.15, 0.2) is 0 Å². The summed E-state index contributed by atoms with van der Waals surface area (Å²) in [5.74, 6) is -3.75. The zero-order valence-corrected chi connectivity index (χ0v) is 28.0. The Morgan fingerprint density at radius 3 is 0.739 bits per heavy atom. The third kappa shape index (κ3) is 23.5. The van der Waals surface area contributed by atoms with E-state index < -0.39 is 46.6 Å². The number of ether oxygens (including phenoxy) is 6. The molecular formula is C32H50O14. The van der Waals surface area contributed by atoms with Crippen molar-refractivity contribution in [2.45, 2.75) is 106 Å². The topological polar surface area (TPSA) is 192 Å². The van der Waals surface area contributed by atoms with Crippen molar-refractivity contribution in [3.63, 3.8) is 0 Å². The van der Waals surface area contributed by atoms with Crippen LogP contribution in [0.2, 0.25) is 0 Å². The van der Waals surface area contributed by atoms with Gasteiger partial charge in [-0.3, -0.25) is 38.4 Å². The van der Waals surface area contributed by atoms with Gasteiger partial charge >= 0.3 is 35.8 Å². The minimum Gasteiger partial charge on any atom is -0.466 e. The van der Waals surface area contributed by atoms with Gasteiger partial charge in [-0.25, -0.2) is 0 Å². The summed E-state index contributed by atoms with van der Waals surface area (Å²) in [4.78, 5) is 94.0. The van der Waals surface area contributed by atoms with Gasteiger partial charge in [0.1, 0.15) is 24.8 Å². The van der Waals surface area contributed by atoms with E-state index in [9.17, 15) is 38.4 Å². The summed E-state index contributed by atoms with van der Waals surface area (Å²) in [6, 6.07) is 0. The average molecular weight is 659 g/mol. The predicted octanol–water partition coefficient (Wildman–Crippen LogP) is 3.38. The van der Waals surface area contributed by atoms with Crippen molar-refractivity contribution < 1.29 is 66.8 Å². The van der Waals surface area contributed by atoms with Crippen LogP contribution in [0.25, 0.3) is 0 Å². The fourth-order valence-corrected chi connectivity index (χ4v) is 3.20. The Kier molecular flexibility index (Phi) is 20.7. The van der Waals surface area contributed by atoms with Gasteiger partial charge in [-0.1, -0.05) is 41.5 Å². The van der Waals surface area contributed by atoms with Crippen LogP contribution in [0.1, 0.15) is 106 Å². The smallest absolute Gasteiger partial charge is 0.306 e. The number of rotatable bonds is 23. The SMILES string of the molecule is CC(C)(C)C(=O)CCC(=O)OCCCOC(=O)CCC(=O)OCCOC(=O)CCC(=O)OCCCOC(=O)CCC(=O)C(C)(C)C. The minimum atomic E-state index is -0.695. The third-order valence-corrected chi connectivity index (χ3v) is 6.09. The molecule has 0 fully saturated rings. The van der Waals surface area contributed by atoms with Gasteiger partial charge in [0.2, 0.25) is 0 Å². The van der Waals surface area contributed by atoms with Crippen LogP contribution in [0, 0.1) is 10.8 Å². The molecule has 0 amide bonds. The van der Waals surface area contributed by atoms with Crippen molar-refractivity contribution in [2.24, 2.45) is 10.8 Å². The maximum atomic E-state index is 11.8. The van der Waals surface area contributed by atoms with Gasteiger partial charge in [0.25, 0.3) is 0 Å². The van der Waals surface area contributed by atoms with E-state index in [1.165, 1.54) is 0 Å². The fourth-order valence-electron chi connectivity index (χ4n) is 3.20. The molecule has 0 saturated carbocycles. The molecule has 0 saturated heterocycles. The molecule has 0 bridgehead atoms. The summed E-state index contributed by atoms with van der Waals surface area (Å²) in [6.07, 6.45) is -0.247. The van der Waals surface area contributed by atoms with Crippen LogP contribution in [-0.4, -0.2) is 87.0 Å². The summed E-state index contributed by atoms with van der Waals surface area (Å²) >= 11 is 0. The first-order valence-electron chi connectivity index (χ1n) is 15.4. The van der Waals surface area contributed by atoms with Crippen LogP contribution in [0.5, 0.6) is 0 Å². The van der Waals surface area contributed by atoms with Gasteiger partial charge in [0.15, 0.2) is 0 Å². The lowest BCUT2D eigenvalue weighted by Gasteiger charge is -2.15. The molecule has 0 N–H and O–H groups in total. The molecule has 0 aliphatic heterocycles. The lowest BCUT2D eigenvalue weighted by molar-refractivity contribution is -0.155. The second-order valence-electron chi connectivity index (χ2n) is 12.4. The lowest BCUT2D eigenvalue weighted by Crippen LogP contribution is -2.21. The number of ketones is 2. The van der Waals surface area contributed by atoms with E-state index in [2.05, 4.69) is 0 Å². The van der Waals surface area contributed by atoms with Gasteiger partial charge in [0.05, 0.1) is 65.0 Å². The van der Waals surface area contributed by atoms with E-state index in [0.717, 1.165) is 0 Å². The molecule has 0 aliphatic carbocycles. The van der Waals surface area contributed by atoms with Gasteiger partial charge in [-0.2, -0.15) is 0 Å². The van der Waals surface area contributed by atoms with E-state index in [-0.39, 0.29) is 115 Å². The third-order valence-electron chi connectivity index (χ3n) is 6.09. The molecule has 46 heavy (non-hydrogen) atoms. The Hall–Kier alpha value is -3.84. The Balaban J connectivity index is 3.76. The summed E-state index contributed by atoms with van der Waals surface area (Å²) in [6.45, 7) is 10.2. The van der Waals surface area contributed by atoms with Crippen molar-refractivity contribution in [3.05, 3.63) is 0 Å². The van der Waals surface area contributed by atoms with Crippen molar-refractivity contribution >= 4 is 47.4 Å². The zero-order valence-electron chi connectivity index (χ0n) is 28.0. The molecule has 0 radical (unpaired) electrons. The Bertz CT molecular complexity index is 950. The summed E-state index contributed by atoms with van der Waals surface area (Å²) in [7, 11) is 0. The van der Waals surface area contributed by atoms with Crippen molar-refractivity contribution in [3.8, 4) is 0 Å². The van der Waals surface area contributed by atoms with Crippen LogP contribution in [0.3, 0.4) is 0 Å². The Labute approximate surface area is 270 Å². The lowest BCUT2D eigenvalue weighted by atomic mass is 9.88. The molecule has 0 unspecified atom stereocenters. The molecule has 0 atom stereocenters. The molecule has 0 aliphatic rings. The van der Waals surface area contributed by atoms with Crippen LogP contribution >= 0.6 is 0 Å². The summed E-state index contributed by atoms with van der Waals surface area (Å²) in [5.41, 5.74) is -1.04. The molecule has 0 heterocycles. The zero-order chi connectivity index (χ0) is 35.2. The van der Waals surface area contributed by atoms with E-state index in [0.29, 0.717) is 0 Å². The molecule has 14 heteroatoms. The highest BCUT2D eigenvalue weighted by Gasteiger charge is 2.23. The monoisotopic (exact) mass is 658 g/mol. The second kappa shape index (κ2) is 22.6. The number of hydrogen-bond donors (Lipinski definition) is 0. The standard InChI is InChI=1S/C32H50O14/c1-31(2,3)23(33)9-11-25(35)41-17-7-19-43-27(37)13-15-29(39)45-21-22-46-30(40)16-14-28(38)44-20-8-18-42-26(36)12-10-24(34)32(4,5)6/h7-22H2,1-6H3. The Morgan fingerprint density at radius 2 is 0.522 bits per heavy atom. The molecule has 0 aromatic carbocycles. The number of hydrogen-bond acceptors (Lipinski definition) is 14. The van der Waals surface area contributed by atoms with E-state index in [1.807, 2.05) is 0 Å². The molecule has 0 aromatic rings. The largest absolute Gasteiger partial charge is 0.466 e. The molecule has 0 aromatic heterocycles. The Morgan fingerprint density at radius 1 is 0.326 bits per heavy atom. The maximum Gasteiger partial charge on any atom is 0.306 e. The number of esters is 6. The fraction of sp³-hybridized carbons (Fsp3) is 0.750. The number of carbonyl (C=O) groups excluding carboxylic acids is 8. The van der Waals surface area contributed by atoms with Crippen LogP contribution in [0.4, 0.5) is 0 Å². The molecule has 262 valence electrons. The highest BCUT2D eigenvalue weighted by Crippen LogP contribution is 2.18. The highest BCUT2D eigenvalue weighted by atomic mass is 16.6. The molecular weight excluding hydrogens is 608 g/mol. The first-order valence-corrected chi connectivity index (χ1v) is 15.4. The quantitative estimate of drug-likeness (QED) is 0.0881. The van der Waals surface area contributed by atoms with Crippen molar-refractivity contribution in [1.82, 2.24) is 0 Å². The van der Waals surface area contributed by atoms with Gasteiger partial charge in [-0.05, 0) is 0 Å². The highest BCUT2D eigenvalue weighted by molar-refractivity contribution is 5.87. The first-order chi connectivity index (χ1) is 21.4. The van der Waals surface area contributed by atoms with Gasteiger partial charge < -0.3 is 28.4 Å². The minimum absolute atomic E-state index is 0.0108. The normalized spacial score (nSPS) is 11.2. The van der Waals surface area contributed by atoms with E-state index in [1.54, 1.807) is 41.5 Å². The first kappa shape index (κ1) is 42.2. The van der Waals surface area contributed by atoms with Gasteiger partial charge in [-0.15, -0.1) is 0 Å². The number of Topliss-reactive ketones (excluding diaryl/α,β-unsaturated/α-hetero) is 2. The van der Waals surface area contributed by atoms with Crippen LogP contribution in [-0.2, 0) is 66.8 Å². The van der Waals surface area contributed by atoms with E-state index in [4.69, 9.17) is 28.4 Å².